The molecule has 2 aromatic heterocycles. The predicted molar refractivity (Wildman–Crippen MR) is 165 cm³/mol. The highest BCUT2D eigenvalue weighted by Gasteiger charge is 2.20. The highest BCUT2D eigenvalue weighted by Crippen LogP contribution is 2.46. The van der Waals surface area contributed by atoms with Gasteiger partial charge in [-0.3, -0.25) is 0 Å². The van der Waals surface area contributed by atoms with Crippen LogP contribution in [0.25, 0.3) is 75.4 Å². The Morgan fingerprint density at radius 3 is 2.00 bits per heavy atom. The van der Waals surface area contributed by atoms with Gasteiger partial charge in [-0.1, -0.05) is 115 Å². The maximum atomic E-state index is 3.80. The van der Waals surface area contributed by atoms with Gasteiger partial charge in [0.1, 0.15) is 0 Å². The van der Waals surface area contributed by atoms with Gasteiger partial charge < -0.3 is 4.98 Å². The number of hydrogen-bond acceptors (Lipinski definition) is 1. The third kappa shape index (κ3) is 3.17. The molecule has 2 heterocycles. The summed E-state index contributed by atoms with van der Waals surface area (Å²) in [6.45, 7) is 0. The second-order valence-corrected chi connectivity index (χ2v) is 10.9. The van der Waals surface area contributed by atoms with Gasteiger partial charge in [0, 0.05) is 42.0 Å². The lowest BCUT2D eigenvalue weighted by molar-refractivity contribution is 1.52. The Hall–Kier alpha value is -4.66. The molecule has 0 aliphatic heterocycles. The van der Waals surface area contributed by atoms with Gasteiger partial charge in [0.25, 0.3) is 0 Å². The number of para-hydroxylation sites is 1. The zero-order valence-electron chi connectivity index (χ0n) is 20.6. The summed E-state index contributed by atoms with van der Waals surface area (Å²) in [6, 6.07) is 48.3. The summed E-state index contributed by atoms with van der Waals surface area (Å²) in [6.07, 6.45) is 0. The average Bonchev–Trinajstić information content (AvgIpc) is 3.56. The van der Waals surface area contributed by atoms with Crippen molar-refractivity contribution >= 4 is 53.3 Å². The van der Waals surface area contributed by atoms with Crippen LogP contribution in [0.4, 0.5) is 0 Å². The molecule has 178 valence electrons. The van der Waals surface area contributed by atoms with Crippen LogP contribution in [-0.2, 0) is 0 Å². The maximum absolute atomic E-state index is 3.80. The number of aromatic nitrogens is 1. The summed E-state index contributed by atoms with van der Waals surface area (Å²) < 4.78 is 2.65. The predicted octanol–water partition coefficient (Wildman–Crippen LogP) is 10.7. The van der Waals surface area contributed by atoms with Crippen LogP contribution in [0.2, 0.25) is 0 Å². The van der Waals surface area contributed by atoms with Gasteiger partial charge in [0.2, 0.25) is 0 Å². The number of fused-ring (bicyclic) bond motifs is 6. The SMILES string of the molecule is c1ccc(-c2ccc3c([nH]c4ccccc43)c2-c2ccccc2-c2cccc3sc4ccccc4c23)cc1. The van der Waals surface area contributed by atoms with E-state index in [1.807, 2.05) is 11.3 Å². The average molecular weight is 502 g/mol. The highest BCUT2D eigenvalue weighted by atomic mass is 32.1. The molecule has 0 unspecified atom stereocenters. The number of thiophene rings is 1. The zero-order valence-corrected chi connectivity index (χ0v) is 21.4. The first-order chi connectivity index (χ1) is 18.9. The zero-order chi connectivity index (χ0) is 25.1. The van der Waals surface area contributed by atoms with Gasteiger partial charge in [-0.05, 0) is 46.0 Å². The molecule has 0 saturated carbocycles. The van der Waals surface area contributed by atoms with Crippen LogP contribution in [0.1, 0.15) is 0 Å². The molecular weight excluding hydrogens is 478 g/mol. The third-order valence-corrected chi connectivity index (χ3v) is 8.79. The topological polar surface area (TPSA) is 15.8 Å². The van der Waals surface area contributed by atoms with E-state index in [4.69, 9.17) is 0 Å². The number of benzene rings is 6. The minimum absolute atomic E-state index is 1.16. The first kappa shape index (κ1) is 21.4. The molecule has 8 rings (SSSR count). The summed E-state index contributed by atoms with van der Waals surface area (Å²) in [5, 5.41) is 5.17. The second kappa shape index (κ2) is 8.44. The van der Waals surface area contributed by atoms with E-state index in [1.54, 1.807) is 0 Å². The van der Waals surface area contributed by atoms with Crippen LogP contribution in [0.3, 0.4) is 0 Å². The molecule has 0 radical (unpaired) electrons. The van der Waals surface area contributed by atoms with E-state index in [1.165, 1.54) is 69.8 Å². The number of H-pyrrole nitrogens is 1. The fourth-order valence-electron chi connectivity index (χ4n) is 5.99. The minimum Gasteiger partial charge on any atom is -0.354 e. The van der Waals surface area contributed by atoms with Crippen molar-refractivity contribution in [1.82, 2.24) is 4.98 Å². The van der Waals surface area contributed by atoms with Gasteiger partial charge in [-0.2, -0.15) is 0 Å². The number of rotatable bonds is 3. The van der Waals surface area contributed by atoms with E-state index in [-0.39, 0.29) is 0 Å². The maximum Gasteiger partial charge on any atom is 0.0551 e. The van der Waals surface area contributed by atoms with Crippen molar-refractivity contribution in [2.75, 3.05) is 0 Å². The standard InChI is InChI=1S/C36H23NS/c1-2-11-23(12-3-1)24-21-22-29-26-14-6-8-18-31(26)37-36(29)35(24)28-15-5-4-13-25(28)27-17-10-20-33-34(27)30-16-7-9-19-32(30)38-33/h1-22,37H. The van der Waals surface area contributed by atoms with Crippen molar-refractivity contribution in [2.45, 2.75) is 0 Å². The molecule has 1 N–H and O–H groups in total. The lowest BCUT2D eigenvalue weighted by Crippen LogP contribution is -1.91. The minimum atomic E-state index is 1.16. The highest BCUT2D eigenvalue weighted by molar-refractivity contribution is 7.25. The van der Waals surface area contributed by atoms with Gasteiger partial charge in [0.15, 0.2) is 0 Å². The van der Waals surface area contributed by atoms with Crippen molar-refractivity contribution in [3.8, 4) is 33.4 Å². The van der Waals surface area contributed by atoms with E-state index in [0.29, 0.717) is 0 Å². The molecule has 0 atom stereocenters. The van der Waals surface area contributed by atoms with Crippen molar-refractivity contribution in [2.24, 2.45) is 0 Å². The van der Waals surface area contributed by atoms with Crippen molar-refractivity contribution in [3.05, 3.63) is 133 Å². The van der Waals surface area contributed by atoms with E-state index < -0.39 is 0 Å². The van der Waals surface area contributed by atoms with Crippen LogP contribution >= 0.6 is 11.3 Å². The molecule has 8 aromatic rings. The summed E-state index contributed by atoms with van der Waals surface area (Å²) in [5.41, 5.74) is 9.83. The largest absolute Gasteiger partial charge is 0.354 e. The third-order valence-electron chi connectivity index (χ3n) is 7.66. The fraction of sp³-hybridized carbons (Fsp3) is 0. The van der Waals surface area contributed by atoms with E-state index in [0.717, 1.165) is 5.52 Å². The van der Waals surface area contributed by atoms with Gasteiger partial charge in [-0.25, -0.2) is 0 Å². The molecule has 0 spiro atoms. The molecule has 0 aliphatic carbocycles. The molecular formula is C36H23NS. The lowest BCUT2D eigenvalue weighted by Gasteiger charge is -2.17. The Morgan fingerprint density at radius 2 is 1.11 bits per heavy atom. The summed E-state index contributed by atoms with van der Waals surface area (Å²) in [7, 11) is 0. The molecule has 0 saturated heterocycles. The molecule has 6 aromatic carbocycles. The Balaban J connectivity index is 1.51. The van der Waals surface area contributed by atoms with Crippen molar-refractivity contribution in [1.29, 1.82) is 0 Å². The van der Waals surface area contributed by atoms with Crippen LogP contribution in [0.15, 0.2) is 133 Å². The smallest absolute Gasteiger partial charge is 0.0551 e. The fourth-order valence-corrected chi connectivity index (χ4v) is 7.12. The molecule has 38 heavy (non-hydrogen) atoms. The number of aromatic amines is 1. The Kier molecular flexibility index (Phi) is 4.76. The first-order valence-electron chi connectivity index (χ1n) is 13.0. The molecule has 0 amide bonds. The molecule has 0 fully saturated rings. The number of hydrogen-bond donors (Lipinski definition) is 1. The monoisotopic (exact) mass is 501 g/mol. The summed E-state index contributed by atoms with van der Waals surface area (Å²) in [4.78, 5) is 3.80. The normalized spacial score (nSPS) is 11.7. The van der Waals surface area contributed by atoms with Crippen LogP contribution < -0.4 is 0 Å². The van der Waals surface area contributed by atoms with E-state index in [9.17, 15) is 0 Å². The Labute approximate surface area is 224 Å². The second-order valence-electron chi connectivity index (χ2n) is 9.77. The summed E-state index contributed by atoms with van der Waals surface area (Å²) in [5.74, 6) is 0. The van der Waals surface area contributed by atoms with Gasteiger partial charge >= 0.3 is 0 Å². The first-order valence-corrected chi connectivity index (χ1v) is 13.8. The lowest BCUT2D eigenvalue weighted by atomic mass is 9.87. The molecule has 0 aliphatic rings. The van der Waals surface area contributed by atoms with Crippen molar-refractivity contribution in [3.63, 3.8) is 0 Å². The molecule has 1 nitrogen and oxygen atoms in total. The van der Waals surface area contributed by atoms with Crippen LogP contribution in [0.5, 0.6) is 0 Å². The molecule has 0 bridgehead atoms. The van der Waals surface area contributed by atoms with Crippen LogP contribution in [0, 0.1) is 0 Å². The summed E-state index contributed by atoms with van der Waals surface area (Å²) >= 11 is 1.87. The van der Waals surface area contributed by atoms with Crippen LogP contribution in [-0.4, -0.2) is 4.98 Å². The van der Waals surface area contributed by atoms with E-state index in [2.05, 4.69) is 138 Å². The van der Waals surface area contributed by atoms with Gasteiger partial charge in [-0.15, -0.1) is 11.3 Å². The van der Waals surface area contributed by atoms with Crippen molar-refractivity contribution < 1.29 is 0 Å². The van der Waals surface area contributed by atoms with Gasteiger partial charge in [0.05, 0.1) is 5.52 Å². The Morgan fingerprint density at radius 1 is 0.421 bits per heavy atom. The molecule has 2 heteroatoms. The number of nitrogens with one attached hydrogen (secondary N) is 1. The quantitative estimate of drug-likeness (QED) is 0.248. The Bertz CT molecular complexity index is 2130. The van der Waals surface area contributed by atoms with E-state index >= 15 is 0 Å².